The lowest BCUT2D eigenvalue weighted by atomic mass is 10.2. The molecular formula is C29H35FN4O4. The summed E-state index contributed by atoms with van der Waals surface area (Å²) in [4.78, 5) is 32.4. The van der Waals surface area contributed by atoms with Crippen LogP contribution in [-0.4, -0.2) is 72.6 Å². The summed E-state index contributed by atoms with van der Waals surface area (Å²) >= 11 is 0. The van der Waals surface area contributed by atoms with Gasteiger partial charge in [0.05, 0.1) is 19.8 Å². The fourth-order valence-corrected chi connectivity index (χ4v) is 4.39. The van der Waals surface area contributed by atoms with Gasteiger partial charge >= 0.3 is 6.03 Å². The van der Waals surface area contributed by atoms with Gasteiger partial charge in [0.1, 0.15) is 23.9 Å². The van der Waals surface area contributed by atoms with E-state index in [1.807, 2.05) is 49.4 Å². The Balaban J connectivity index is 1.47. The second kappa shape index (κ2) is 13.7. The van der Waals surface area contributed by atoms with Crippen LogP contribution in [0.2, 0.25) is 0 Å². The van der Waals surface area contributed by atoms with E-state index in [9.17, 15) is 14.0 Å². The standard InChI is InChI=1S/C29H35FN4O4/c1-23-11-12-27(38-23)21-34(20-24-7-3-2-4-8-24)28(35)22-33(14-6-13-32-15-17-37-18-16-32)29(36)31-26-10-5-9-25(30)19-26/h2-5,7-12,19H,6,13-18,20-22H2,1H3,(H,31,36). The minimum absolute atomic E-state index is 0.114. The third kappa shape index (κ3) is 8.43. The molecule has 202 valence electrons. The smallest absolute Gasteiger partial charge is 0.322 e. The lowest BCUT2D eigenvalue weighted by molar-refractivity contribution is -0.133. The maximum Gasteiger partial charge on any atom is 0.322 e. The molecule has 0 unspecified atom stereocenters. The Morgan fingerprint density at radius 2 is 1.76 bits per heavy atom. The van der Waals surface area contributed by atoms with Crippen molar-refractivity contribution in [1.29, 1.82) is 0 Å². The summed E-state index contributed by atoms with van der Waals surface area (Å²) in [6, 6.07) is 18.7. The first-order valence-corrected chi connectivity index (χ1v) is 12.9. The number of morpholine rings is 1. The molecule has 0 atom stereocenters. The summed E-state index contributed by atoms with van der Waals surface area (Å²) in [5.41, 5.74) is 1.32. The van der Waals surface area contributed by atoms with E-state index >= 15 is 0 Å². The minimum atomic E-state index is -0.445. The molecule has 1 fully saturated rings. The number of hydrogen-bond donors (Lipinski definition) is 1. The first-order chi connectivity index (χ1) is 18.5. The van der Waals surface area contributed by atoms with E-state index in [4.69, 9.17) is 9.15 Å². The monoisotopic (exact) mass is 522 g/mol. The number of anilines is 1. The van der Waals surface area contributed by atoms with Crippen molar-refractivity contribution >= 4 is 17.6 Å². The molecule has 1 aliphatic rings. The number of hydrogen-bond acceptors (Lipinski definition) is 5. The summed E-state index contributed by atoms with van der Waals surface area (Å²) in [5.74, 6) is 0.797. The van der Waals surface area contributed by atoms with E-state index < -0.39 is 11.8 Å². The summed E-state index contributed by atoms with van der Waals surface area (Å²) < 4.78 is 24.9. The molecule has 3 aromatic rings. The van der Waals surface area contributed by atoms with E-state index in [0.717, 1.165) is 31.0 Å². The molecule has 1 N–H and O–H groups in total. The second-order valence-corrected chi connectivity index (χ2v) is 9.42. The van der Waals surface area contributed by atoms with Crippen LogP contribution in [-0.2, 0) is 22.6 Å². The predicted octanol–water partition coefficient (Wildman–Crippen LogP) is 4.51. The molecule has 3 amide bonds. The van der Waals surface area contributed by atoms with E-state index in [0.29, 0.717) is 44.2 Å². The first-order valence-electron chi connectivity index (χ1n) is 12.9. The van der Waals surface area contributed by atoms with Gasteiger partial charge in [0.2, 0.25) is 5.91 Å². The number of rotatable bonds is 11. The van der Waals surface area contributed by atoms with E-state index in [-0.39, 0.29) is 19.0 Å². The van der Waals surface area contributed by atoms with Gasteiger partial charge in [-0.2, -0.15) is 0 Å². The van der Waals surface area contributed by atoms with Gasteiger partial charge in [-0.15, -0.1) is 0 Å². The van der Waals surface area contributed by atoms with Crippen LogP contribution in [0.4, 0.5) is 14.9 Å². The number of aryl methyl sites for hydroxylation is 1. The highest BCUT2D eigenvalue weighted by molar-refractivity contribution is 5.92. The lowest BCUT2D eigenvalue weighted by Crippen LogP contribution is -2.45. The lowest BCUT2D eigenvalue weighted by Gasteiger charge is -2.30. The SMILES string of the molecule is Cc1ccc(CN(Cc2ccccc2)C(=O)CN(CCCN2CCOCC2)C(=O)Nc2cccc(F)c2)o1. The Hall–Kier alpha value is -3.69. The summed E-state index contributed by atoms with van der Waals surface area (Å²) in [7, 11) is 0. The number of nitrogens with zero attached hydrogens (tertiary/aromatic N) is 3. The number of carbonyl (C=O) groups is 2. The molecule has 1 aliphatic heterocycles. The number of ether oxygens (including phenoxy) is 1. The zero-order valence-electron chi connectivity index (χ0n) is 21.8. The fraction of sp³-hybridized carbons (Fsp3) is 0.379. The molecule has 0 bridgehead atoms. The van der Waals surface area contributed by atoms with Gasteiger partial charge in [-0.05, 0) is 49.2 Å². The molecule has 9 heteroatoms. The highest BCUT2D eigenvalue weighted by Gasteiger charge is 2.23. The van der Waals surface area contributed by atoms with Gasteiger partial charge in [-0.1, -0.05) is 36.4 Å². The van der Waals surface area contributed by atoms with E-state index in [1.54, 1.807) is 11.0 Å². The maximum absolute atomic E-state index is 13.7. The van der Waals surface area contributed by atoms with Crippen molar-refractivity contribution in [3.63, 3.8) is 0 Å². The normalized spacial score (nSPS) is 13.7. The zero-order chi connectivity index (χ0) is 26.7. The zero-order valence-corrected chi connectivity index (χ0v) is 21.8. The van der Waals surface area contributed by atoms with Gasteiger partial charge in [0.15, 0.2) is 0 Å². The summed E-state index contributed by atoms with van der Waals surface area (Å²) in [5, 5.41) is 2.74. The molecule has 2 aromatic carbocycles. The molecule has 8 nitrogen and oxygen atoms in total. The number of furan rings is 1. The average molecular weight is 523 g/mol. The molecule has 0 saturated carbocycles. The Morgan fingerprint density at radius 1 is 0.974 bits per heavy atom. The average Bonchev–Trinajstić information content (AvgIpc) is 3.33. The highest BCUT2D eigenvalue weighted by Crippen LogP contribution is 2.15. The van der Waals surface area contributed by atoms with Crippen molar-refractivity contribution in [2.45, 2.75) is 26.4 Å². The largest absolute Gasteiger partial charge is 0.464 e. The van der Waals surface area contributed by atoms with Crippen LogP contribution in [0.3, 0.4) is 0 Å². The number of nitrogens with one attached hydrogen (secondary N) is 1. The fourth-order valence-electron chi connectivity index (χ4n) is 4.39. The van der Waals surface area contributed by atoms with Crippen molar-refractivity contribution in [2.75, 3.05) is 51.3 Å². The number of amides is 3. The third-order valence-corrected chi connectivity index (χ3v) is 6.41. The van der Waals surface area contributed by atoms with Crippen molar-refractivity contribution in [2.24, 2.45) is 0 Å². The molecule has 38 heavy (non-hydrogen) atoms. The van der Waals surface area contributed by atoms with Crippen LogP contribution in [0.5, 0.6) is 0 Å². The number of halogens is 1. The van der Waals surface area contributed by atoms with E-state index in [1.165, 1.54) is 23.1 Å². The van der Waals surface area contributed by atoms with Crippen LogP contribution < -0.4 is 5.32 Å². The quantitative estimate of drug-likeness (QED) is 0.401. The van der Waals surface area contributed by atoms with Crippen LogP contribution in [0, 0.1) is 12.7 Å². The molecule has 0 radical (unpaired) electrons. The van der Waals surface area contributed by atoms with Crippen LogP contribution in [0.1, 0.15) is 23.5 Å². The van der Waals surface area contributed by atoms with Gasteiger partial charge in [-0.25, -0.2) is 9.18 Å². The third-order valence-electron chi connectivity index (χ3n) is 6.41. The molecule has 0 spiro atoms. The summed E-state index contributed by atoms with van der Waals surface area (Å²) in [6.07, 6.45) is 0.694. The van der Waals surface area contributed by atoms with Gasteiger partial charge in [0.25, 0.3) is 0 Å². The number of carbonyl (C=O) groups excluding carboxylic acids is 2. The molecule has 0 aliphatic carbocycles. The summed E-state index contributed by atoms with van der Waals surface area (Å²) in [6.45, 7) is 6.68. The van der Waals surface area contributed by atoms with Gasteiger partial charge < -0.3 is 24.3 Å². The highest BCUT2D eigenvalue weighted by atomic mass is 19.1. The molecule has 1 saturated heterocycles. The maximum atomic E-state index is 13.7. The van der Waals surface area contributed by atoms with Crippen LogP contribution in [0.15, 0.2) is 71.1 Å². The van der Waals surface area contributed by atoms with Crippen molar-refractivity contribution in [3.8, 4) is 0 Å². The Bertz CT molecular complexity index is 1180. The topological polar surface area (TPSA) is 78.3 Å². The van der Waals surface area contributed by atoms with Crippen LogP contribution in [0.25, 0.3) is 0 Å². The first kappa shape index (κ1) is 27.3. The van der Waals surface area contributed by atoms with Crippen molar-refractivity contribution < 1.29 is 23.1 Å². The Labute approximate surface area is 223 Å². The van der Waals surface area contributed by atoms with E-state index in [2.05, 4.69) is 10.2 Å². The van der Waals surface area contributed by atoms with Crippen LogP contribution >= 0.6 is 0 Å². The second-order valence-electron chi connectivity index (χ2n) is 9.42. The minimum Gasteiger partial charge on any atom is -0.464 e. The van der Waals surface area contributed by atoms with Gasteiger partial charge in [0, 0.05) is 38.4 Å². The van der Waals surface area contributed by atoms with Gasteiger partial charge in [-0.3, -0.25) is 9.69 Å². The van der Waals surface area contributed by atoms with Crippen molar-refractivity contribution in [3.05, 3.63) is 89.6 Å². The predicted molar refractivity (Wildman–Crippen MR) is 143 cm³/mol. The molecule has 2 heterocycles. The number of benzene rings is 2. The molecular weight excluding hydrogens is 487 g/mol. The van der Waals surface area contributed by atoms with Crippen molar-refractivity contribution in [1.82, 2.24) is 14.7 Å². The molecule has 4 rings (SSSR count). The Kier molecular flexibility index (Phi) is 9.89. The number of urea groups is 1. The molecule has 1 aromatic heterocycles. The Morgan fingerprint density at radius 3 is 2.47 bits per heavy atom.